The van der Waals surface area contributed by atoms with Gasteiger partial charge >= 0.3 is 0 Å². The summed E-state index contributed by atoms with van der Waals surface area (Å²) < 4.78 is 0. The highest BCUT2D eigenvalue weighted by Gasteiger charge is 2.10. The van der Waals surface area contributed by atoms with Crippen LogP contribution in [0.15, 0.2) is 42.5 Å². The fourth-order valence-corrected chi connectivity index (χ4v) is 3.03. The molecule has 2 aromatic rings. The zero-order chi connectivity index (χ0) is 15.2. The molecule has 21 heavy (non-hydrogen) atoms. The minimum absolute atomic E-state index is 0.300. The average Bonchev–Trinajstić information content (AvgIpc) is 2.46. The van der Waals surface area contributed by atoms with Crippen molar-refractivity contribution in [3.63, 3.8) is 0 Å². The Morgan fingerprint density at radius 3 is 2.19 bits per heavy atom. The molecule has 112 valence electrons. The number of hydrogen-bond donors (Lipinski definition) is 1. The first-order valence-electron chi connectivity index (χ1n) is 7.50. The molecule has 2 heteroatoms. The van der Waals surface area contributed by atoms with Gasteiger partial charge in [-0.3, -0.25) is 0 Å². The molecule has 1 nitrogen and oxygen atoms in total. The largest absolute Gasteiger partial charge is 0.308 e. The van der Waals surface area contributed by atoms with E-state index in [9.17, 15) is 0 Å². The first-order valence-corrected chi connectivity index (χ1v) is 8.03. The smallest absolute Gasteiger partial charge is 0.0380 e. The van der Waals surface area contributed by atoms with E-state index in [0.717, 1.165) is 13.0 Å². The minimum Gasteiger partial charge on any atom is -0.308 e. The van der Waals surface area contributed by atoms with Gasteiger partial charge in [0.15, 0.2) is 0 Å². The molecule has 2 rings (SSSR count). The van der Waals surface area contributed by atoms with Crippen molar-refractivity contribution in [3.05, 3.63) is 70.3 Å². The Labute approximate surface area is 133 Å². The molecule has 0 saturated carbocycles. The Morgan fingerprint density at radius 2 is 1.62 bits per heavy atom. The lowest BCUT2D eigenvalue weighted by atomic mass is 9.99. The van der Waals surface area contributed by atoms with Crippen molar-refractivity contribution < 1.29 is 0 Å². The van der Waals surface area contributed by atoms with Crippen LogP contribution in [0.25, 0.3) is 0 Å². The second-order valence-electron chi connectivity index (χ2n) is 5.80. The summed E-state index contributed by atoms with van der Waals surface area (Å²) >= 11 is 6.13. The fourth-order valence-electron chi connectivity index (χ4n) is 2.82. The van der Waals surface area contributed by atoms with Crippen LogP contribution < -0.4 is 5.32 Å². The molecule has 0 saturated heterocycles. The number of benzene rings is 2. The van der Waals surface area contributed by atoms with Crippen LogP contribution in [0, 0.1) is 20.8 Å². The van der Waals surface area contributed by atoms with Crippen molar-refractivity contribution in [2.24, 2.45) is 0 Å². The fraction of sp³-hybridized carbons (Fsp3) is 0.368. The van der Waals surface area contributed by atoms with Gasteiger partial charge in [0.05, 0.1) is 0 Å². The molecule has 0 radical (unpaired) electrons. The number of aryl methyl sites for hydroxylation is 3. The SMILES string of the molecule is Cc1cc(C)c(CNC(CCl)Cc2ccccc2)c(C)c1. The zero-order valence-corrected chi connectivity index (χ0v) is 13.9. The highest BCUT2D eigenvalue weighted by molar-refractivity contribution is 6.18. The molecular formula is C19H24ClN. The summed E-state index contributed by atoms with van der Waals surface area (Å²) in [7, 11) is 0. The van der Waals surface area contributed by atoms with Crippen molar-refractivity contribution >= 4 is 11.6 Å². The van der Waals surface area contributed by atoms with Crippen LogP contribution in [-0.2, 0) is 13.0 Å². The van der Waals surface area contributed by atoms with Gasteiger partial charge < -0.3 is 5.32 Å². The molecule has 2 aromatic carbocycles. The number of halogens is 1. The summed E-state index contributed by atoms with van der Waals surface area (Å²) in [6, 6.07) is 15.3. The van der Waals surface area contributed by atoms with Gasteiger partial charge in [0.25, 0.3) is 0 Å². The molecule has 1 N–H and O–H groups in total. The molecule has 0 bridgehead atoms. The predicted molar refractivity (Wildman–Crippen MR) is 92.1 cm³/mol. The maximum absolute atomic E-state index is 6.13. The molecule has 0 aliphatic carbocycles. The van der Waals surface area contributed by atoms with Crippen molar-refractivity contribution in [2.45, 2.75) is 39.8 Å². The van der Waals surface area contributed by atoms with Gasteiger partial charge in [0.2, 0.25) is 0 Å². The third-order valence-corrected chi connectivity index (χ3v) is 4.29. The van der Waals surface area contributed by atoms with E-state index < -0.39 is 0 Å². The monoisotopic (exact) mass is 301 g/mol. The second-order valence-corrected chi connectivity index (χ2v) is 6.11. The normalized spacial score (nSPS) is 12.4. The van der Waals surface area contributed by atoms with E-state index in [4.69, 9.17) is 11.6 Å². The molecule has 0 amide bonds. The van der Waals surface area contributed by atoms with Gasteiger partial charge in [-0.25, -0.2) is 0 Å². The maximum atomic E-state index is 6.13. The molecule has 0 fully saturated rings. The van der Waals surface area contributed by atoms with Crippen molar-refractivity contribution in [2.75, 3.05) is 5.88 Å². The van der Waals surface area contributed by atoms with Crippen molar-refractivity contribution in [1.29, 1.82) is 0 Å². The van der Waals surface area contributed by atoms with E-state index in [2.05, 4.69) is 62.5 Å². The third kappa shape index (κ3) is 4.59. The van der Waals surface area contributed by atoms with Crippen LogP contribution in [0.4, 0.5) is 0 Å². The summed E-state index contributed by atoms with van der Waals surface area (Å²) in [5.41, 5.74) is 6.75. The first kappa shape index (κ1) is 16.1. The van der Waals surface area contributed by atoms with Gasteiger partial charge in [-0.05, 0) is 49.4 Å². The van der Waals surface area contributed by atoms with E-state index in [1.54, 1.807) is 0 Å². The Balaban J connectivity index is 2.00. The predicted octanol–water partition coefficient (Wildman–Crippen LogP) is 4.55. The average molecular weight is 302 g/mol. The summed E-state index contributed by atoms with van der Waals surface area (Å²) in [6.45, 7) is 7.39. The van der Waals surface area contributed by atoms with E-state index >= 15 is 0 Å². The molecule has 0 aromatic heterocycles. The summed E-state index contributed by atoms with van der Waals surface area (Å²) in [4.78, 5) is 0. The molecule has 1 unspecified atom stereocenters. The van der Waals surface area contributed by atoms with Gasteiger partial charge in [0.1, 0.15) is 0 Å². The van der Waals surface area contributed by atoms with Crippen LogP contribution in [0.1, 0.15) is 27.8 Å². The van der Waals surface area contributed by atoms with Crippen LogP contribution >= 0.6 is 11.6 Å². The number of hydrogen-bond acceptors (Lipinski definition) is 1. The minimum atomic E-state index is 0.300. The highest BCUT2D eigenvalue weighted by atomic mass is 35.5. The molecule has 1 atom stereocenters. The molecule has 0 aliphatic rings. The van der Waals surface area contributed by atoms with Crippen LogP contribution in [-0.4, -0.2) is 11.9 Å². The molecule has 0 spiro atoms. The van der Waals surface area contributed by atoms with Crippen LogP contribution in [0.3, 0.4) is 0 Å². The molecule has 0 aliphatic heterocycles. The van der Waals surface area contributed by atoms with Gasteiger partial charge in [-0.1, -0.05) is 48.0 Å². The van der Waals surface area contributed by atoms with Gasteiger partial charge in [-0.15, -0.1) is 11.6 Å². The van der Waals surface area contributed by atoms with Crippen molar-refractivity contribution in [3.8, 4) is 0 Å². The van der Waals surface area contributed by atoms with E-state index in [1.165, 1.54) is 27.8 Å². The van der Waals surface area contributed by atoms with Crippen molar-refractivity contribution in [1.82, 2.24) is 5.32 Å². The Bertz CT molecular complexity index is 554. The lowest BCUT2D eigenvalue weighted by molar-refractivity contribution is 0.548. The van der Waals surface area contributed by atoms with Gasteiger partial charge in [0, 0.05) is 18.5 Å². The lowest BCUT2D eigenvalue weighted by Gasteiger charge is -2.19. The summed E-state index contributed by atoms with van der Waals surface area (Å²) in [5, 5.41) is 3.60. The Morgan fingerprint density at radius 1 is 1.00 bits per heavy atom. The van der Waals surface area contributed by atoms with E-state index in [-0.39, 0.29) is 0 Å². The number of nitrogens with one attached hydrogen (secondary N) is 1. The Kier molecular flexibility index (Phi) is 5.84. The van der Waals surface area contributed by atoms with E-state index in [1.807, 2.05) is 6.07 Å². The number of rotatable bonds is 6. The number of alkyl halides is 1. The molecular weight excluding hydrogens is 278 g/mol. The highest BCUT2D eigenvalue weighted by Crippen LogP contribution is 2.16. The standard InChI is InChI=1S/C19H24ClN/c1-14-9-15(2)19(16(3)10-14)13-21-18(12-20)11-17-7-5-4-6-8-17/h4-10,18,21H,11-13H2,1-3H3. The van der Waals surface area contributed by atoms with Crippen LogP contribution in [0.2, 0.25) is 0 Å². The summed E-state index contributed by atoms with van der Waals surface area (Å²) in [5.74, 6) is 0.624. The second kappa shape index (κ2) is 7.63. The quantitative estimate of drug-likeness (QED) is 0.772. The third-order valence-electron chi connectivity index (χ3n) is 3.92. The zero-order valence-electron chi connectivity index (χ0n) is 13.1. The topological polar surface area (TPSA) is 12.0 Å². The maximum Gasteiger partial charge on any atom is 0.0380 e. The van der Waals surface area contributed by atoms with Gasteiger partial charge in [-0.2, -0.15) is 0 Å². The van der Waals surface area contributed by atoms with E-state index in [0.29, 0.717) is 11.9 Å². The Hall–Kier alpha value is -1.31. The molecule has 0 heterocycles. The van der Waals surface area contributed by atoms with Crippen LogP contribution in [0.5, 0.6) is 0 Å². The summed E-state index contributed by atoms with van der Waals surface area (Å²) in [6.07, 6.45) is 0.967. The lowest BCUT2D eigenvalue weighted by Crippen LogP contribution is -2.32. The first-order chi connectivity index (χ1) is 10.1.